The van der Waals surface area contributed by atoms with Crippen molar-refractivity contribution in [3.8, 4) is 10.7 Å². The molecule has 3 aromatic heterocycles. The van der Waals surface area contributed by atoms with Crippen molar-refractivity contribution in [2.45, 2.75) is 61.5 Å². The number of fused-ring (bicyclic) bond motifs is 3. The first-order valence-corrected chi connectivity index (χ1v) is 15.3. The highest BCUT2D eigenvalue weighted by atomic mass is 32.2. The molecule has 2 saturated carbocycles. The minimum atomic E-state index is -2.75. The van der Waals surface area contributed by atoms with E-state index < -0.39 is 28.0 Å². The molecule has 10 nitrogen and oxygen atoms in total. The smallest absolute Gasteiger partial charge is 0.291 e. The molecule has 1 N–H and O–H groups in total. The standard InChI is InChI=1S/C27H27F2N7O3S2/c1-26(6-7-26)34-41(38)16-13-17(15-4-11-35(12-5-15)25(37)27(39-2)8-9-27)21-18(14-16)20(31-19-3-10-30-36(19)21)23-32-33-24(40-23)22(28)29/h3-4,10,13-14,22,34H,5-9,11-12H2,1-2H3. The highest BCUT2D eigenvalue weighted by Gasteiger charge is 2.52. The van der Waals surface area contributed by atoms with Gasteiger partial charge in [0.05, 0.1) is 16.6 Å². The molecule has 0 radical (unpaired) electrons. The molecule has 1 atom stereocenters. The summed E-state index contributed by atoms with van der Waals surface area (Å²) < 4.78 is 50.8. The van der Waals surface area contributed by atoms with Gasteiger partial charge in [-0.25, -0.2) is 27.2 Å². The molecule has 1 aliphatic heterocycles. The van der Waals surface area contributed by atoms with Crippen LogP contribution in [0.3, 0.4) is 0 Å². The van der Waals surface area contributed by atoms with Crippen LogP contribution in [0.4, 0.5) is 8.78 Å². The average molecular weight is 600 g/mol. The molecule has 1 amide bonds. The van der Waals surface area contributed by atoms with Gasteiger partial charge >= 0.3 is 0 Å². The summed E-state index contributed by atoms with van der Waals surface area (Å²) in [6.45, 7) is 2.95. The number of hydrogen-bond donors (Lipinski definition) is 1. The molecule has 0 bridgehead atoms. The van der Waals surface area contributed by atoms with Crippen LogP contribution in [0.15, 0.2) is 35.4 Å². The fraction of sp³-hybridized carbons (Fsp3) is 0.444. The van der Waals surface area contributed by atoms with Gasteiger partial charge in [0, 0.05) is 42.8 Å². The van der Waals surface area contributed by atoms with Crippen molar-refractivity contribution in [3.63, 3.8) is 0 Å². The topological polar surface area (TPSA) is 115 Å². The van der Waals surface area contributed by atoms with Crippen LogP contribution >= 0.6 is 11.3 Å². The molecule has 4 aromatic rings. The van der Waals surface area contributed by atoms with E-state index in [2.05, 4.69) is 20.0 Å². The van der Waals surface area contributed by atoms with Crippen LogP contribution in [0.1, 0.15) is 56.0 Å². The van der Waals surface area contributed by atoms with Crippen molar-refractivity contribution in [2.24, 2.45) is 0 Å². The first-order chi connectivity index (χ1) is 19.7. The third kappa shape index (κ3) is 4.66. The van der Waals surface area contributed by atoms with Crippen molar-refractivity contribution >= 4 is 50.4 Å². The van der Waals surface area contributed by atoms with Gasteiger partial charge in [0.2, 0.25) is 0 Å². The second-order valence-corrected chi connectivity index (χ2v) is 13.3. The first kappa shape index (κ1) is 26.7. The maximum atomic E-state index is 13.6. The van der Waals surface area contributed by atoms with Crippen molar-refractivity contribution in [2.75, 3.05) is 20.2 Å². The molecule has 14 heteroatoms. The van der Waals surface area contributed by atoms with E-state index in [1.807, 2.05) is 24.0 Å². The zero-order valence-electron chi connectivity index (χ0n) is 22.4. The molecular weight excluding hydrogens is 572 g/mol. The van der Waals surface area contributed by atoms with Crippen LogP contribution in [0.2, 0.25) is 0 Å². The van der Waals surface area contributed by atoms with E-state index in [-0.39, 0.29) is 16.5 Å². The normalized spacial score (nSPS) is 20.0. The quantitative estimate of drug-likeness (QED) is 0.321. The van der Waals surface area contributed by atoms with Crippen molar-refractivity contribution in [1.82, 2.24) is 34.4 Å². The minimum Gasteiger partial charge on any atom is -0.368 e. The van der Waals surface area contributed by atoms with E-state index in [0.29, 0.717) is 46.6 Å². The maximum Gasteiger partial charge on any atom is 0.291 e. The highest BCUT2D eigenvalue weighted by Crippen LogP contribution is 2.42. The minimum absolute atomic E-state index is 0.00365. The van der Waals surface area contributed by atoms with Crippen LogP contribution in [-0.2, 0) is 20.5 Å². The van der Waals surface area contributed by atoms with Gasteiger partial charge in [0.25, 0.3) is 12.3 Å². The van der Waals surface area contributed by atoms with Gasteiger partial charge in [-0.15, -0.1) is 10.2 Å². The van der Waals surface area contributed by atoms with Crippen LogP contribution in [0.5, 0.6) is 0 Å². The molecule has 2 fully saturated rings. The predicted octanol–water partition coefficient (Wildman–Crippen LogP) is 4.30. The molecule has 0 saturated heterocycles. The second-order valence-electron chi connectivity index (χ2n) is 11.0. The number of carbonyl (C=O) groups is 1. The molecule has 2 aliphatic carbocycles. The number of halogens is 2. The number of amides is 1. The molecular formula is C27H27F2N7O3S2. The van der Waals surface area contributed by atoms with Crippen LogP contribution < -0.4 is 4.72 Å². The number of carbonyl (C=O) groups excluding carboxylic acids is 1. The van der Waals surface area contributed by atoms with E-state index >= 15 is 0 Å². The highest BCUT2D eigenvalue weighted by molar-refractivity contribution is 7.83. The van der Waals surface area contributed by atoms with Gasteiger partial charge in [-0.2, -0.15) is 5.10 Å². The number of rotatable bonds is 8. The lowest BCUT2D eigenvalue weighted by Gasteiger charge is -2.30. The maximum absolute atomic E-state index is 13.6. The number of nitrogens with zero attached hydrogens (tertiary/aromatic N) is 6. The summed E-state index contributed by atoms with van der Waals surface area (Å²) in [6, 6.07) is 5.40. The Balaban J connectivity index is 1.39. The Morgan fingerprint density at radius 1 is 1.22 bits per heavy atom. The molecule has 4 heterocycles. The zero-order chi connectivity index (χ0) is 28.5. The second kappa shape index (κ2) is 9.68. The largest absolute Gasteiger partial charge is 0.368 e. The number of methoxy groups -OCH3 is 1. The van der Waals surface area contributed by atoms with Gasteiger partial charge in [0.15, 0.2) is 15.7 Å². The summed E-state index contributed by atoms with van der Waals surface area (Å²) in [5.41, 5.74) is 2.47. The fourth-order valence-corrected chi connectivity index (χ4v) is 7.18. The summed E-state index contributed by atoms with van der Waals surface area (Å²) >= 11 is 0.783. The molecule has 214 valence electrons. The summed E-state index contributed by atoms with van der Waals surface area (Å²) in [5, 5.41) is 12.7. The van der Waals surface area contributed by atoms with Crippen LogP contribution in [-0.4, -0.2) is 71.2 Å². The molecule has 3 aliphatic rings. The van der Waals surface area contributed by atoms with Gasteiger partial charge in [-0.05, 0) is 56.7 Å². The number of nitrogens with one attached hydrogen (secondary N) is 1. The molecule has 41 heavy (non-hydrogen) atoms. The predicted molar refractivity (Wildman–Crippen MR) is 150 cm³/mol. The van der Waals surface area contributed by atoms with E-state index in [1.54, 1.807) is 30.0 Å². The van der Waals surface area contributed by atoms with Crippen molar-refractivity contribution < 1.29 is 22.5 Å². The molecule has 1 aromatic carbocycles. The number of aromatic nitrogens is 5. The number of ether oxygens (including phenoxy) is 1. The van der Waals surface area contributed by atoms with E-state index in [1.165, 1.54) is 0 Å². The summed E-state index contributed by atoms with van der Waals surface area (Å²) in [5.74, 6) is 0.00365. The zero-order valence-corrected chi connectivity index (χ0v) is 24.0. The fourth-order valence-electron chi connectivity index (χ4n) is 5.26. The van der Waals surface area contributed by atoms with E-state index in [0.717, 1.165) is 48.2 Å². The summed E-state index contributed by atoms with van der Waals surface area (Å²) in [6.07, 6.45) is 4.77. The lowest BCUT2D eigenvalue weighted by molar-refractivity contribution is -0.144. The lowest BCUT2D eigenvalue weighted by atomic mass is 9.96. The Morgan fingerprint density at radius 2 is 2.02 bits per heavy atom. The summed E-state index contributed by atoms with van der Waals surface area (Å²) in [4.78, 5) is 20.1. The van der Waals surface area contributed by atoms with Crippen molar-refractivity contribution in [1.29, 1.82) is 0 Å². The SMILES string of the molecule is COC1(C(=O)N2CC=C(c3cc(S(=O)NC4(C)CC4)cc4c(-c5nnc(C(F)F)s5)nc5ccnn5c34)CC2)CC1. The molecule has 1 unspecified atom stereocenters. The first-order valence-electron chi connectivity index (χ1n) is 13.4. The van der Waals surface area contributed by atoms with Gasteiger partial charge in [0.1, 0.15) is 22.3 Å². The Labute approximate surface area is 240 Å². The Bertz CT molecular complexity index is 1760. The molecule has 0 spiro atoms. The van der Waals surface area contributed by atoms with Crippen molar-refractivity contribution in [3.05, 3.63) is 41.0 Å². The average Bonchev–Trinajstić information content (AvgIpc) is 3.79. The van der Waals surface area contributed by atoms with Crippen LogP contribution in [0.25, 0.3) is 32.8 Å². The van der Waals surface area contributed by atoms with Gasteiger partial charge in [-0.3, -0.25) is 4.79 Å². The number of benzene rings is 1. The van der Waals surface area contributed by atoms with Gasteiger partial charge < -0.3 is 9.64 Å². The Kier molecular flexibility index (Phi) is 6.30. The van der Waals surface area contributed by atoms with E-state index in [4.69, 9.17) is 9.72 Å². The third-order valence-electron chi connectivity index (χ3n) is 8.11. The molecule has 7 rings (SSSR count). The number of hydrogen-bond acceptors (Lipinski definition) is 8. The Hall–Kier alpha value is -3.20. The van der Waals surface area contributed by atoms with Crippen LogP contribution in [0, 0.1) is 0 Å². The lowest BCUT2D eigenvalue weighted by Crippen LogP contribution is -2.43. The summed E-state index contributed by atoms with van der Waals surface area (Å²) in [7, 11) is 0.0371. The third-order valence-corrected chi connectivity index (χ3v) is 10.4. The monoisotopic (exact) mass is 599 g/mol. The Morgan fingerprint density at radius 3 is 2.66 bits per heavy atom. The van der Waals surface area contributed by atoms with Gasteiger partial charge in [-0.1, -0.05) is 17.4 Å². The number of alkyl halides is 2. The van der Waals surface area contributed by atoms with E-state index in [9.17, 15) is 17.8 Å².